The van der Waals surface area contributed by atoms with E-state index in [0.717, 1.165) is 15.6 Å². The average Bonchev–Trinajstić information content (AvgIpc) is 2.90. The third-order valence-corrected chi connectivity index (χ3v) is 7.42. The molecule has 0 fully saturated rings. The first-order valence-electron chi connectivity index (χ1n) is 11.7. The van der Waals surface area contributed by atoms with Crippen molar-refractivity contribution in [2.45, 2.75) is 18.7 Å². The van der Waals surface area contributed by atoms with E-state index in [4.69, 9.17) is 4.74 Å². The Balaban J connectivity index is 1.41. The van der Waals surface area contributed by atoms with Crippen molar-refractivity contribution in [3.8, 4) is 5.75 Å². The molecule has 10 heteroatoms. The van der Waals surface area contributed by atoms with Crippen molar-refractivity contribution in [3.05, 3.63) is 123 Å². The van der Waals surface area contributed by atoms with E-state index in [1.807, 2.05) is 19.9 Å². The summed E-state index contributed by atoms with van der Waals surface area (Å²) in [7, 11) is -3.76. The van der Waals surface area contributed by atoms with Gasteiger partial charge in [0.2, 0.25) is 0 Å². The fraction of sp³-hybridized carbons (Fsp3) is 0.0690. The molecular weight excluding hydrogens is 582 g/mol. The molecule has 0 aromatic heterocycles. The summed E-state index contributed by atoms with van der Waals surface area (Å²) < 4.78 is 33.9. The first-order chi connectivity index (χ1) is 18.6. The van der Waals surface area contributed by atoms with Crippen LogP contribution in [0.5, 0.6) is 5.75 Å². The molecular formula is C29H24BrN3O5S. The number of carbonyl (C=O) groups excluding carboxylic acids is 2. The number of carbonyl (C=O) groups is 2. The number of benzene rings is 4. The van der Waals surface area contributed by atoms with E-state index in [1.165, 1.54) is 42.6 Å². The van der Waals surface area contributed by atoms with E-state index < -0.39 is 21.9 Å². The van der Waals surface area contributed by atoms with Crippen LogP contribution in [0.4, 0.5) is 5.69 Å². The van der Waals surface area contributed by atoms with Crippen LogP contribution in [0.25, 0.3) is 0 Å². The van der Waals surface area contributed by atoms with Crippen molar-refractivity contribution in [1.29, 1.82) is 0 Å². The molecule has 2 N–H and O–H groups in total. The number of esters is 1. The SMILES string of the molecule is Cc1ccc(S(=O)(=O)Nc2ccc(C(=O)NN=Cc3cc(Br)ccc3OC(=O)c3cccc(C)c3)cc2)cc1. The van der Waals surface area contributed by atoms with Gasteiger partial charge in [0.15, 0.2) is 0 Å². The highest BCUT2D eigenvalue weighted by atomic mass is 79.9. The lowest BCUT2D eigenvalue weighted by atomic mass is 10.1. The average molecular weight is 606 g/mol. The van der Waals surface area contributed by atoms with Gasteiger partial charge in [-0.15, -0.1) is 0 Å². The Kier molecular flexibility index (Phi) is 8.58. The minimum atomic E-state index is -3.76. The Bertz CT molecular complexity index is 1650. The van der Waals surface area contributed by atoms with Gasteiger partial charge in [-0.05, 0) is 80.6 Å². The number of hydrazone groups is 1. The van der Waals surface area contributed by atoms with E-state index in [9.17, 15) is 18.0 Å². The fourth-order valence-electron chi connectivity index (χ4n) is 3.49. The number of nitrogens with zero attached hydrogens (tertiary/aromatic N) is 1. The van der Waals surface area contributed by atoms with Gasteiger partial charge in [0, 0.05) is 21.3 Å². The second-order valence-electron chi connectivity index (χ2n) is 8.64. The highest BCUT2D eigenvalue weighted by molar-refractivity contribution is 9.10. The maximum atomic E-state index is 12.6. The molecule has 4 aromatic carbocycles. The number of nitrogens with one attached hydrogen (secondary N) is 2. The Morgan fingerprint density at radius 3 is 2.26 bits per heavy atom. The minimum Gasteiger partial charge on any atom is -0.422 e. The second kappa shape index (κ2) is 12.1. The highest BCUT2D eigenvalue weighted by Crippen LogP contribution is 2.23. The number of hydrogen-bond acceptors (Lipinski definition) is 6. The number of amides is 1. The van der Waals surface area contributed by atoms with E-state index >= 15 is 0 Å². The summed E-state index contributed by atoms with van der Waals surface area (Å²) in [5.74, 6) is -0.752. The second-order valence-corrected chi connectivity index (χ2v) is 11.2. The molecule has 4 aromatic rings. The molecule has 0 aliphatic rings. The third-order valence-electron chi connectivity index (χ3n) is 5.53. The molecule has 0 heterocycles. The summed E-state index contributed by atoms with van der Waals surface area (Å²) in [6.07, 6.45) is 1.37. The Morgan fingerprint density at radius 1 is 0.846 bits per heavy atom. The summed E-state index contributed by atoms with van der Waals surface area (Å²) in [6.45, 7) is 3.76. The number of halogens is 1. The molecule has 0 bridgehead atoms. The van der Waals surface area contributed by atoms with Gasteiger partial charge in [0.05, 0.1) is 16.7 Å². The number of rotatable bonds is 8. The quantitative estimate of drug-likeness (QED) is 0.113. The number of anilines is 1. The summed E-state index contributed by atoms with van der Waals surface area (Å²) in [5.41, 5.74) is 5.76. The predicted molar refractivity (Wildman–Crippen MR) is 154 cm³/mol. The summed E-state index contributed by atoms with van der Waals surface area (Å²) >= 11 is 3.38. The number of hydrogen-bond donors (Lipinski definition) is 2. The van der Waals surface area contributed by atoms with Gasteiger partial charge in [-0.25, -0.2) is 18.6 Å². The lowest BCUT2D eigenvalue weighted by Crippen LogP contribution is -2.18. The van der Waals surface area contributed by atoms with Gasteiger partial charge >= 0.3 is 5.97 Å². The molecule has 0 aliphatic carbocycles. The topological polar surface area (TPSA) is 114 Å². The largest absolute Gasteiger partial charge is 0.422 e. The molecule has 0 spiro atoms. The van der Waals surface area contributed by atoms with Crippen molar-refractivity contribution in [2.24, 2.45) is 5.10 Å². The van der Waals surface area contributed by atoms with Crippen molar-refractivity contribution in [1.82, 2.24) is 5.43 Å². The van der Waals surface area contributed by atoms with Gasteiger partial charge in [0.1, 0.15) is 5.75 Å². The van der Waals surface area contributed by atoms with Crippen LogP contribution in [0.2, 0.25) is 0 Å². The zero-order valence-electron chi connectivity index (χ0n) is 21.0. The molecule has 0 atom stereocenters. The molecule has 8 nitrogen and oxygen atoms in total. The van der Waals surface area contributed by atoms with Gasteiger partial charge < -0.3 is 4.74 Å². The molecule has 0 radical (unpaired) electrons. The van der Waals surface area contributed by atoms with Gasteiger partial charge in [0.25, 0.3) is 15.9 Å². The zero-order chi connectivity index (χ0) is 28.0. The van der Waals surface area contributed by atoms with Crippen LogP contribution in [0, 0.1) is 13.8 Å². The van der Waals surface area contributed by atoms with Crippen LogP contribution in [0.1, 0.15) is 37.4 Å². The van der Waals surface area contributed by atoms with Crippen LogP contribution in [0.15, 0.2) is 105 Å². The van der Waals surface area contributed by atoms with Crippen LogP contribution in [0.3, 0.4) is 0 Å². The lowest BCUT2D eigenvalue weighted by molar-refractivity contribution is 0.0734. The van der Waals surface area contributed by atoms with Crippen molar-refractivity contribution in [3.63, 3.8) is 0 Å². The zero-order valence-corrected chi connectivity index (χ0v) is 23.4. The van der Waals surface area contributed by atoms with Crippen LogP contribution in [-0.2, 0) is 10.0 Å². The molecule has 39 heavy (non-hydrogen) atoms. The summed E-state index contributed by atoms with van der Waals surface area (Å²) in [4.78, 5) is 25.3. The van der Waals surface area contributed by atoms with E-state index in [0.29, 0.717) is 16.8 Å². The molecule has 0 unspecified atom stereocenters. The molecule has 0 saturated carbocycles. The standard InChI is InChI=1S/C29H24BrN3O5S/c1-19-6-13-26(14-7-19)39(36,37)33-25-11-8-21(9-12-25)28(34)32-31-18-23-17-24(30)10-15-27(23)38-29(35)22-5-3-4-20(2)16-22/h3-18,33H,1-2H3,(H,32,34). The summed E-state index contributed by atoms with van der Waals surface area (Å²) in [6, 6.07) is 24.5. The maximum absolute atomic E-state index is 12.6. The molecule has 0 aliphatic heterocycles. The van der Waals surface area contributed by atoms with Crippen LogP contribution >= 0.6 is 15.9 Å². The number of aryl methyl sites for hydroxylation is 2. The Labute approximate surface area is 234 Å². The normalized spacial score (nSPS) is 11.3. The minimum absolute atomic E-state index is 0.140. The maximum Gasteiger partial charge on any atom is 0.343 e. The predicted octanol–water partition coefficient (Wildman–Crippen LogP) is 5.85. The molecule has 4 rings (SSSR count). The van der Waals surface area contributed by atoms with Crippen molar-refractivity contribution >= 4 is 49.7 Å². The van der Waals surface area contributed by atoms with Crippen molar-refractivity contribution < 1.29 is 22.7 Å². The highest BCUT2D eigenvalue weighted by Gasteiger charge is 2.15. The first kappa shape index (κ1) is 27.7. The lowest BCUT2D eigenvalue weighted by Gasteiger charge is -2.09. The Hall–Kier alpha value is -4.28. The van der Waals surface area contributed by atoms with Crippen molar-refractivity contribution in [2.75, 3.05) is 4.72 Å². The monoisotopic (exact) mass is 605 g/mol. The number of ether oxygens (including phenoxy) is 1. The van der Waals surface area contributed by atoms with E-state index in [2.05, 4.69) is 31.2 Å². The smallest absolute Gasteiger partial charge is 0.343 e. The number of sulfonamides is 1. The van der Waals surface area contributed by atoms with Gasteiger partial charge in [-0.2, -0.15) is 5.10 Å². The van der Waals surface area contributed by atoms with Crippen LogP contribution in [-0.4, -0.2) is 26.5 Å². The first-order valence-corrected chi connectivity index (χ1v) is 14.0. The van der Waals surface area contributed by atoms with Crippen LogP contribution < -0.4 is 14.9 Å². The molecule has 0 saturated heterocycles. The van der Waals surface area contributed by atoms with Gasteiger partial charge in [-0.1, -0.05) is 51.3 Å². The molecule has 198 valence electrons. The third kappa shape index (κ3) is 7.40. The van der Waals surface area contributed by atoms with Gasteiger partial charge in [-0.3, -0.25) is 9.52 Å². The summed E-state index contributed by atoms with van der Waals surface area (Å²) in [5, 5.41) is 3.99. The Morgan fingerprint density at radius 2 is 1.56 bits per heavy atom. The van der Waals surface area contributed by atoms with E-state index in [1.54, 1.807) is 48.5 Å². The van der Waals surface area contributed by atoms with E-state index in [-0.39, 0.29) is 16.2 Å². The fourth-order valence-corrected chi connectivity index (χ4v) is 4.93. The molecule has 1 amide bonds.